The zero-order valence-corrected chi connectivity index (χ0v) is 11.2. The summed E-state index contributed by atoms with van der Waals surface area (Å²) in [5, 5.41) is 4.07. The fraction of sp³-hybridized carbons (Fsp3) is 0.692. The molecule has 104 valence electrons. The van der Waals surface area contributed by atoms with Crippen LogP contribution in [-0.4, -0.2) is 57.7 Å². The number of hydrogen-bond acceptors (Lipinski definition) is 4. The summed E-state index contributed by atoms with van der Waals surface area (Å²) in [6, 6.07) is 2.28. The van der Waals surface area contributed by atoms with Crippen LogP contribution in [0.15, 0.2) is 12.3 Å². The molecule has 1 aromatic heterocycles. The molecule has 0 saturated carbocycles. The first-order valence-corrected chi connectivity index (χ1v) is 7.03. The minimum atomic E-state index is 0.150. The lowest BCUT2D eigenvalue weighted by Gasteiger charge is -2.25. The number of carbonyl (C=O) groups excluding carboxylic acids is 1. The molecule has 2 aliphatic rings. The van der Waals surface area contributed by atoms with Crippen molar-refractivity contribution in [2.24, 2.45) is 0 Å². The highest BCUT2D eigenvalue weighted by atomic mass is 16.2. The topological polar surface area (TPSA) is 67.4 Å². The summed E-state index contributed by atoms with van der Waals surface area (Å²) in [4.78, 5) is 16.8. The number of hydrogen-bond donors (Lipinski definition) is 1. The van der Waals surface area contributed by atoms with Crippen LogP contribution < -0.4 is 5.73 Å². The van der Waals surface area contributed by atoms with Gasteiger partial charge >= 0.3 is 0 Å². The Morgan fingerprint density at radius 1 is 1.37 bits per heavy atom. The maximum atomic E-state index is 12.3. The van der Waals surface area contributed by atoms with Crippen LogP contribution in [-0.2, 0) is 11.3 Å². The van der Waals surface area contributed by atoms with Crippen molar-refractivity contribution in [3.63, 3.8) is 0 Å². The van der Waals surface area contributed by atoms with E-state index in [1.54, 1.807) is 16.9 Å². The van der Waals surface area contributed by atoms with Crippen molar-refractivity contribution < 1.29 is 4.79 Å². The van der Waals surface area contributed by atoms with Crippen molar-refractivity contribution >= 4 is 11.7 Å². The van der Waals surface area contributed by atoms with Gasteiger partial charge in [-0.3, -0.25) is 14.4 Å². The molecule has 0 radical (unpaired) electrons. The van der Waals surface area contributed by atoms with Crippen molar-refractivity contribution in [2.75, 3.05) is 31.9 Å². The Bertz CT molecular complexity index is 458. The number of aromatic nitrogens is 2. The first-order valence-electron chi connectivity index (χ1n) is 7.03. The highest BCUT2D eigenvalue weighted by molar-refractivity contribution is 5.76. The second-order valence-corrected chi connectivity index (χ2v) is 5.46. The van der Waals surface area contributed by atoms with Crippen LogP contribution in [0.5, 0.6) is 0 Å². The summed E-state index contributed by atoms with van der Waals surface area (Å²) in [5.74, 6) is 0.613. The normalized spacial score (nSPS) is 24.2. The standard InChI is InChI=1S/C13H21N5O/c14-12-4-8-18(15-12)10-13(19)17-7-2-6-16-5-1-3-11(16)9-17/h4,8,11H,1-3,5-7,9-10H2,(H2,14,15). The molecule has 2 fully saturated rings. The average molecular weight is 263 g/mol. The monoisotopic (exact) mass is 263 g/mol. The number of nitrogens with zero attached hydrogens (tertiary/aromatic N) is 4. The van der Waals surface area contributed by atoms with Crippen LogP contribution in [0, 0.1) is 0 Å². The molecule has 0 spiro atoms. The predicted molar refractivity (Wildman–Crippen MR) is 72.4 cm³/mol. The zero-order valence-electron chi connectivity index (χ0n) is 11.2. The van der Waals surface area contributed by atoms with E-state index in [1.807, 2.05) is 4.90 Å². The molecule has 2 saturated heterocycles. The lowest BCUT2D eigenvalue weighted by atomic mass is 10.2. The maximum Gasteiger partial charge on any atom is 0.244 e. The summed E-state index contributed by atoms with van der Waals surface area (Å²) in [7, 11) is 0. The van der Waals surface area contributed by atoms with E-state index in [-0.39, 0.29) is 5.91 Å². The van der Waals surface area contributed by atoms with Crippen molar-refractivity contribution in [2.45, 2.75) is 31.8 Å². The van der Waals surface area contributed by atoms with Gasteiger partial charge in [0.2, 0.25) is 5.91 Å². The molecule has 1 amide bonds. The van der Waals surface area contributed by atoms with Gasteiger partial charge in [0.15, 0.2) is 0 Å². The van der Waals surface area contributed by atoms with E-state index in [9.17, 15) is 4.79 Å². The summed E-state index contributed by atoms with van der Waals surface area (Å²) >= 11 is 0. The maximum absolute atomic E-state index is 12.3. The fourth-order valence-electron chi connectivity index (χ4n) is 3.14. The van der Waals surface area contributed by atoms with E-state index in [0.717, 1.165) is 26.1 Å². The number of rotatable bonds is 2. The summed E-state index contributed by atoms with van der Waals surface area (Å²) in [6.07, 6.45) is 5.32. The van der Waals surface area contributed by atoms with Crippen molar-refractivity contribution in [3.8, 4) is 0 Å². The van der Waals surface area contributed by atoms with E-state index in [2.05, 4.69) is 10.00 Å². The fourth-order valence-corrected chi connectivity index (χ4v) is 3.14. The van der Waals surface area contributed by atoms with Crippen LogP contribution in [0.25, 0.3) is 0 Å². The molecular weight excluding hydrogens is 242 g/mol. The number of nitrogen functional groups attached to an aromatic ring is 1. The van der Waals surface area contributed by atoms with E-state index in [1.165, 1.54) is 19.4 Å². The molecule has 0 bridgehead atoms. The summed E-state index contributed by atoms with van der Waals surface area (Å²) in [5.41, 5.74) is 5.56. The van der Waals surface area contributed by atoms with Gasteiger partial charge in [0.1, 0.15) is 12.4 Å². The van der Waals surface area contributed by atoms with E-state index in [4.69, 9.17) is 5.73 Å². The molecule has 0 aromatic carbocycles. The third kappa shape index (κ3) is 2.73. The van der Waals surface area contributed by atoms with E-state index < -0.39 is 0 Å². The van der Waals surface area contributed by atoms with Gasteiger partial charge < -0.3 is 10.6 Å². The van der Waals surface area contributed by atoms with Gasteiger partial charge in [-0.1, -0.05) is 0 Å². The van der Waals surface area contributed by atoms with Crippen LogP contribution >= 0.6 is 0 Å². The van der Waals surface area contributed by atoms with Gasteiger partial charge in [-0.25, -0.2) is 0 Å². The zero-order chi connectivity index (χ0) is 13.2. The van der Waals surface area contributed by atoms with Gasteiger partial charge in [-0.15, -0.1) is 0 Å². The van der Waals surface area contributed by atoms with Gasteiger partial charge in [-0.2, -0.15) is 5.10 Å². The number of anilines is 1. The van der Waals surface area contributed by atoms with Crippen molar-refractivity contribution in [1.82, 2.24) is 19.6 Å². The third-order valence-electron chi connectivity index (χ3n) is 4.11. The molecule has 1 aromatic rings. The second-order valence-electron chi connectivity index (χ2n) is 5.46. The largest absolute Gasteiger partial charge is 0.382 e. The number of fused-ring (bicyclic) bond motifs is 1. The molecule has 6 heteroatoms. The molecule has 6 nitrogen and oxygen atoms in total. The average Bonchev–Trinajstić information content (AvgIpc) is 2.93. The van der Waals surface area contributed by atoms with E-state index >= 15 is 0 Å². The Morgan fingerprint density at radius 3 is 3.00 bits per heavy atom. The highest BCUT2D eigenvalue weighted by Crippen LogP contribution is 2.21. The van der Waals surface area contributed by atoms with Gasteiger partial charge in [0.05, 0.1) is 0 Å². The predicted octanol–water partition coefficient (Wildman–Crippen LogP) is 0.162. The van der Waals surface area contributed by atoms with Gasteiger partial charge in [-0.05, 0) is 31.9 Å². The molecular formula is C13H21N5O. The Labute approximate surface area is 113 Å². The lowest BCUT2D eigenvalue weighted by Crippen LogP contribution is -2.41. The van der Waals surface area contributed by atoms with E-state index in [0.29, 0.717) is 18.4 Å². The van der Waals surface area contributed by atoms with Gasteiger partial charge in [0, 0.05) is 31.9 Å². The van der Waals surface area contributed by atoms with Crippen molar-refractivity contribution in [1.29, 1.82) is 0 Å². The third-order valence-corrected chi connectivity index (χ3v) is 4.11. The smallest absolute Gasteiger partial charge is 0.244 e. The highest BCUT2D eigenvalue weighted by Gasteiger charge is 2.30. The second kappa shape index (κ2) is 5.21. The quantitative estimate of drug-likeness (QED) is 0.825. The van der Waals surface area contributed by atoms with Gasteiger partial charge in [0.25, 0.3) is 0 Å². The Kier molecular flexibility index (Phi) is 3.42. The first kappa shape index (κ1) is 12.5. The lowest BCUT2D eigenvalue weighted by molar-refractivity contribution is -0.132. The Balaban J connectivity index is 1.62. The van der Waals surface area contributed by atoms with Crippen molar-refractivity contribution in [3.05, 3.63) is 12.3 Å². The molecule has 1 atom stereocenters. The number of amides is 1. The molecule has 2 N–H and O–H groups in total. The molecule has 3 heterocycles. The molecule has 19 heavy (non-hydrogen) atoms. The summed E-state index contributed by atoms with van der Waals surface area (Å²) < 4.78 is 1.62. The Morgan fingerprint density at radius 2 is 2.21 bits per heavy atom. The number of carbonyl (C=O) groups is 1. The number of nitrogens with two attached hydrogens (primary N) is 1. The minimum absolute atomic E-state index is 0.150. The summed E-state index contributed by atoms with van der Waals surface area (Å²) in [6.45, 7) is 4.35. The van der Waals surface area contributed by atoms with Crippen LogP contribution in [0.1, 0.15) is 19.3 Å². The Hall–Kier alpha value is -1.56. The van der Waals surface area contributed by atoms with Crippen LogP contribution in [0.4, 0.5) is 5.82 Å². The first-order chi connectivity index (χ1) is 9.22. The molecule has 0 aliphatic carbocycles. The SMILES string of the molecule is Nc1ccn(CC(=O)N2CCCN3CCCC3C2)n1. The molecule has 2 aliphatic heterocycles. The molecule has 3 rings (SSSR count). The molecule has 1 unspecified atom stereocenters. The van der Waals surface area contributed by atoms with Crippen LogP contribution in [0.2, 0.25) is 0 Å². The van der Waals surface area contributed by atoms with Crippen LogP contribution in [0.3, 0.4) is 0 Å². The minimum Gasteiger partial charge on any atom is -0.382 e.